The highest BCUT2D eigenvalue weighted by molar-refractivity contribution is 5.90. The molecule has 0 fully saturated rings. The number of hydrogen-bond donors (Lipinski definition) is 0. The van der Waals surface area contributed by atoms with E-state index in [1.165, 1.54) is 11.1 Å². The van der Waals surface area contributed by atoms with Gasteiger partial charge in [-0.15, -0.1) is 0 Å². The monoisotopic (exact) mass is 266 g/mol. The standard InChI is InChI=1S/C18H18O2/c1-3-4-8-16-13-17(12-11-14(16)2)20-18(19)15-9-6-5-7-10-15/h3-7,9-13H,8H2,1-2H3. The highest BCUT2D eigenvalue weighted by atomic mass is 16.5. The molecule has 0 radical (unpaired) electrons. The van der Waals surface area contributed by atoms with Gasteiger partial charge in [0.05, 0.1) is 5.56 Å². The van der Waals surface area contributed by atoms with Gasteiger partial charge in [0.1, 0.15) is 5.75 Å². The van der Waals surface area contributed by atoms with Crippen molar-refractivity contribution in [1.82, 2.24) is 0 Å². The van der Waals surface area contributed by atoms with Crippen molar-refractivity contribution in [2.24, 2.45) is 0 Å². The first kappa shape index (κ1) is 14.1. The first-order chi connectivity index (χ1) is 9.70. The Morgan fingerprint density at radius 1 is 1.15 bits per heavy atom. The van der Waals surface area contributed by atoms with Crippen LogP contribution in [0.2, 0.25) is 0 Å². The molecule has 0 aliphatic rings. The number of esters is 1. The molecular weight excluding hydrogens is 248 g/mol. The summed E-state index contributed by atoms with van der Waals surface area (Å²) in [5.74, 6) is 0.260. The largest absolute Gasteiger partial charge is 0.423 e. The summed E-state index contributed by atoms with van der Waals surface area (Å²) in [6, 6.07) is 14.7. The number of benzene rings is 2. The van der Waals surface area contributed by atoms with Gasteiger partial charge >= 0.3 is 5.97 Å². The fraction of sp³-hybridized carbons (Fsp3) is 0.167. The summed E-state index contributed by atoms with van der Waals surface area (Å²) in [7, 11) is 0. The molecule has 2 nitrogen and oxygen atoms in total. The summed E-state index contributed by atoms with van der Waals surface area (Å²) < 4.78 is 5.41. The Morgan fingerprint density at radius 2 is 1.90 bits per heavy atom. The van der Waals surface area contributed by atoms with Gasteiger partial charge < -0.3 is 4.74 Å². The fourth-order valence-corrected chi connectivity index (χ4v) is 1.92. The molecule has 0 aliphatic carbocycles. The minimum atomic E-state index is -0.327. The second-order valence-electron chi connectivity index (χ2n) is 4.62. The van der Waals surface area contributed by atoms with E-state index in [1.807, 2.05) is 49.4 Å². The first-order valence-electron chi connectivity index (χ1n) is 6.68. The third-order valence-corrected chi connectivity index (χ3v) is 3.11. The Balaban J connectivity index is 2.15. The average Bonchev–Trinajstić information content (AvgIpc) is 2.48. The Kier molecular flexibility index (Phi) is 4.72. The van der Waals surface area contributed by atoms with E-state index in [9.17, 15) is 4.79 Å². The van der Waals surface area contributed by atoms with Crippen molar-refractivity contribution in [2.75, 3.05) is 0 Å². The van der Waals surface area contributed by atoms with Gasteiger partial charge in [0.15, 0.2) is 0 Å². The van der Waals surface area contributed by atoms with E-state index in [0.29, 0.717) is 11.3 Å². The van der Waals surface area contributed by atoms with Crippen LogP contribution in [-0.4, -0.2) is 5.97 Å². The van der Waals surface area contributed by atoms with Crippen LogP contribution in [-0.2, 0) is 6.42 Å². The zero-order valence-corrected chi connectivity index (χ0v) is 11.8. The van der Waals surface area contributed by atoms with Crippen LogP contribution in [0.25, 0.3) is 0 Å². The van der Waals surface area contributed by atoms with Crippen molar-refractivity contribution in [2.45, 2.75) is 20.3 Å². The second kappa shape index (κ2) is 6.71. The zero-order valence-electron chi connectivity index (χ0n) is 11.8. The summed E-state index contributed by atoms with van der Waals surface area (Å²) >= 11 is 0. The maximum atomic E-state index is 12.0. The topological polar surface area (TPSA) is 26.3 Å². The number of aryl methyl sites for hydroxylation is 1. The SMILES string of the molecule is CC=CCc1cc(OC(=O)c2ccccc2)ccc1C. The van der Waals surface area contributed by atoms with Gasteiger partial charge in [-0.2, -0.15) is 0 Å². The van der Waals surface area contributed by atoms with E-state index in [2.05, 4.69) is 13.0 Å². The van der Waals surface area contributed by atoms with Crippen LogP contribution in [0, 0.1) is 6.92 Å². The van der Waals surface area contributed by atoms with Crippen molar-refractivity contribution in [3.05, 3.63) is 77.4 Å². The number of rotatable bonds is 4. The molecule has 2 aromatic carbocycles. The minimum Gasteiger partial charge on any atom is -0.423 e. The Labute approximate surface area is 119 Å². The maximum absolute atomic E-state index is 12.0. The molecule has 0 saturated heterocycles. The minimum absolute atomic E-state index is 0.327. The molecule has 2 aromatic rings. The van der Waals surface area contributed by atoms with E-state index in [0.717, 1.165) is 6.42 Å². The maximum Gasteiger partial charge on any atom is 0.343 e. The van der Waals surface area contributed by atoms with Crippen LogP contribution in [0.5, 0.6) is 5.75 Å². The Morgan fingerprint density at radius 3 is 2.60 bits per heavy atom. The normalized spacial score (nSPS) is 10.7. The molecular formula is C18H18O2. The van der Waals surface area contributed by atoms with Crippen LogP contribution >= 0.6 is 0 Å². The lowest BCUT2D eigenvalue weighted by atomic mass is 10.1. The highest BCUT2D eigenvalue weighted by Gasteiger charge is 2.08. The molecule has 0 amide bonds. The molecule has 0 aromatic heterocycles. The number of carbonyl (C=O) groups is 1. The predicted molar refractivity (Wildman–Crippen MR) is 81.1 cm³/mol. The van der Waals surface area contributed by atoms with E-state index in [-0.39, 0.29) is 5.97 Å². The quantitative estimate of drug-likeness (QED) is 0.467. The van der Waals surface area contributed by atoms with Crippen LogP contribution in [0.3, 0.4) is 0 Å². The number of allylic oxidation sites excluding steroid dienone is 2. The van der Waals surface area contributed by atoms with E-state index in [1.54, 1.807) is 12.1 Å². The summed E-state index contributed by atoms with van der Waals surface area (Å²) in [6.07, 6.45) is 4.95. The lowest BCUT2D eigenvalue weighted by molar-refractivity contribution is 0.0734. The number of ether oxygens (including phenoxy) is 1. The lowest BCUT2D eigenvalue weighted by Gasteiger charge is -2.08. The van der Waals surface area contributed by atoms with E-state index in [4.69, 9.17) is 4.74 Å². The van der Waals surface area contributed by atoms with Crippen molar-refractivity contribution in [3.63, 3.8) is 0 Å². The van der Waals surface area contributed by atoms with Gasteiger partial charge in [0.25, 0.3) is 0 Å². The van der Waals surface area contributed by atoms with Crippen LogP contribution < -0.4 is 4.74 Å². The molecule has 2 rings (SSSR count). The molecule has 0 bridgehead atoms. The molecule has 0 heterocycles. The molecule has 0 atom stereocenters. The number of carbonyl (C=O) groups excluding carboxylic acids is 1. The lowest BCUT2D eigenvalue weighted by Crippen LogP contribution is -2.08. The van der Waals surface area contributed by atoms with Gasteiger partial charge in [0.2, 0.25) is 0 Å². The smallest absolute Gasteiger partial charge is 0.343 e. The molecule has 0 saturated carbocycles. The van der Waals surface area contributed by atoms with Gasteiger partial charge in [-0.3, -0.25) is 0 Å². The average molecular weight is 266 g/mol. The molecule has 0 N–H and O–H groups in total. The molecule has 2 heteroatoms. The van der Waals surface area contributed by atoms with Gasteiger partial charge in [-0.25, -0.2) is 4.79 Å². The second-order valence-corrected chi connectivity index (χ2v) is 4.62. The van der Waals surface area contributed by atoms with Crippen LogP contribution in [0.15, 0.2) is 60.7 Å². The zero-order chi connectivity index (χ0) is 14.4. The van der Waals surface area contributed by atoms with Crippen molar-refractivity contribution < 1.29 is 9.53 Å². The van der Waals surface area contributed by atoms with Crippen LogP contribution in [0.1, 0.15) is 28.4 Å². The molecule has 20 heavy (non-hydrogen) atoms. The van der Waals surface area contributed by atoms with Crippen LogP contribution in [0.4, 0.5) is 0 Å². The molecule has 102 valence electrons. The van der Waals surface area contributed by atoms with Crippen molar-refractivity contribution in [1.29, 1.82) is 0 Å². The Hall–Kier alpha value is -2.35. The van der Waals surface area contributed by atoms with E-state index < -0.39 is 0 Å². The predicted octanol–water partition coefficient (Wildman–Crippen LogP) is 4.33. The molecule has 0 unspecified atom stereocenters. The van der Waals surface area contributed by atoms with E-state index >= 15 is 0 Å². The number of hydrogen-bond acceptors (Lipinski definition) is 2. The third kappa shape index (κ3) is 3.58. The van der Waals surface area contributed by atoms with Gasteiger partial charge in [0, 0.05) is 0 Å². The molecule has 0 spiro atoms. The summed E-state index contributed by atoms with van der Waals surface area (Å²) in [5, 5.41) is 0. The van der Waals surface area contributed by atoms with Gasteiger partial charge in [-0.1, -0.05) is 36.4 Å². The van der Waals surface area contributed by atoms with Gasteiger partial charge in [-0.05, 0) is 55.7 Å². The summed E-state index contributed by atoms with van der Waals surface area (Å²) in [5.41, 5.74) is 2.92. The summed E-state index contributed by atoms with van der Waals surface area (Å²) in [6.45, 7) is 4.05. The third-order valence-electron chi connectivity index (χ3n) is 3.11. The summed E-state index contributed by atoms with van der Waals surface area (Å²) in [4.78, 5) is 12.0. The molecule has 0 aliphatic heterocycles. The van der Waals surface area contributed by atoms with Crippen molar-refractivity contribution >= 4 is 5.97 Å². The van der Waals surface area contributed by atoms with Crippen molar-refractivity contribution in [3.8, 4) is 5.75 Å². The first-order valence-corrected chi connectivity index (χ1v) is 6.68. The fourth-order valence-electron chi connectivity index (χ4n) is 1.92. The highest BCUT2D eigenvalue weighted by Crippen LogP contribution is 2.19. The Bertz CT molecular complexity index is 613.